The van der Waals surface area contributed by atoms with Gasteiger partial charge in [0, 0.05) is 18.2 Å². The summed E-state index contributed by atoms with van der Waals surface area (Å²) in [6.45, 7) is 4.73. The van der Waals surface area contributed by atoms with E-state index in [0.717, 1.165) is 22.8 Å². The van der Waals surface area contributed by atoms with Crippen molar-refractivity contribution in [3.05, 3.63) is 71.1 Å². The zero-order chi connectivity index (χ0) is 21.0. The van der Waals surface area contributed by atoms with Gasteiger partial charge in [0.15, 0.2) is 0 Å². The summed E-state index contributed by atoms with van der Waals surface area (Å²) in [5.41, 5.74) is 3.40. The second-order valence-corrected chi connectivity index (χ2v) is 6.96. The van der Waals surface area contributed by atoms with Crippen molar-refractivity contribution in [2.24, 2.45) is 0 Å². The van der Waals surface area contributed by atoms with E-state index >= 15 is 0 Å². The first-order valence-electron chi connectivity index (χ1n) is 9.42. The molecule has 0 fully saturated rings. The van der Waals surface area contributed by atoms with E-state index < -0.39 is 0 Å². The van der Waals surface area contributed by atoms with Crippen LogP contribution in [0.3, 0.4) is 0 Å². The maximum Gasteiger partial charge on any atom is 0.337 e. The van der Waals surface area contributed by atoms with Crippen molar-refractivity contribution >= 4 is 5.97 Å². The number of hydrogen-bond acceptors (Lipinski definition) is 6. The topological polar surface area (TPSA) is 64.8 Å². The van der Waals surface area contributed by atoms with Crippen molar-refractivity contribution in [3.8, 4) is 17.2 Å². The van der Waals surface area contributed by atoms with Crippen LogP contribution in [0, 0.1) is 6.92 Å². The molecular weight excluding hydrogens is 368 g/mol. The Morgan fingerprint density at radius 3 is 2.34 bits per heavy atom. The zero-order valence-corrected chi connectivity index (χ0v) is 17.4. The maximum atomic E-state index is 11.6. The van der Waals surface area contributed by atoms with Gasteiger partial charge in [0.25, 0.3) is 0 Å². The highest BCUT2D eigenvalue weighted by Crippen LogP contribution is 2.26. The second-order valence-electron chi connectivity index (χ2n) is 6.96. The van der Waals surface area contributed by atoms with Gasteiger partial charge in [-0.2, -0.15) is 0 Å². The molecule has 6 nitrogen and oxygen atoms in total. The normalized spacial score (nSPS) is 12.1. The van der Waals surface area contributed by atoms with Gasteiger partial charge in [-0.15, -0.1) is 0 Å². The Morgan fingerprint density at radius 1 is 1.10 bits per heavy atom. The Kier molecular flexibility index (Phi) is 6.34. The van der Waals surface area contributed by atoms with E-state index in [9.17, 15) is 4.79 Å². The molecule has 0 radical (unpaired) electrons. The van der Waals surface area contributed by atoms with Crippen molar-refractivity contribution in [2.75, 3.05) is 21.3 Å². The van der Waals surface area contributed by atoms with Crippen LogP contribution in [0.4, 0.5) is 0 Å². The lowest BCUT2D eigenvalue weighted by atomic mass is 10.1. The first-order valence-corrected chi connectivity index (χ1v) is 9.42. The monoisotopic (exact) mass is 394 g/mol. The summed E-state index contributed by atoms with van der Waals surface area (Å²) >= 11 is 0. The number of methoxy groups -OCH3 is 2. The summed E-state index contributed by atoms with van der Waals surface area (Å²) in [4.78, 5) is 18.5. The highest BCUT2D eigenvalue weighted by Gasteiger charge is 2.18. The van der Waals surface area contributed by atoms with Gasteiger partial charge in [-0.3, -0.25) is 4.90 Å². The summed E-state index contributed by atoms with van der Waals surface area (Å²) in [5.74, 6) is 1.80. The number of benzene rings is 2. The number of carbonyl (C=O) groups is 1. The number of oxazole rings is 1. The molecule has 0 saturated carbocycles. The molecule has 0 saturated heterocycles. The number of ether oxygens (including phenoxy) is 2. The summed E-state index contributed by atoms with van der Waals surface area (Å²) in [6.07, 6.45) is 0. The van der Waals surface area contributed by atoms with Crippen LogP contribution in [0.15, 0.2) is 52.9 Å². The van der Waals surface area contributed by atoms with E-state index in [0.29, 0.717) is 18.0 Å². The lowest BCUT2D eigenvalue weighted by molar-refractivity contribution is 0.0600. The third kappa shape index (κ3) is 4.66. The van der Waals surface area contributed by atoms with Crippen LogP contribution in [0.25, 0.3) is 11.5 Å². The molecule has 1 aromatic heterocycles. The van der Waals surface area contributed by atoms with Gasteiger partial charge in [-0.25, -0.2) is 9.78 Å². The molecule has 2 aromatic carbocycles. The summed E-state index contributed by atoms with van der Waals surface area (Å²) in [6, 6.07) is 15.3. The van der Waals surface area contributed by atoms with Crippen LogP contribution in [-0.2, 0) is 11.3 Å². The smallest absolute Gasteiger partial charge is 0.337 e. The minimum absolute atomic E-state index is 0.208. The molecule has 0 aliphatic heterocycles. The molecule has 152 valence electrons. The van der Waals surface area contributed by atoms with E-state index in [1.165, 1.54) is 12.7 Å². The first kappa shape index (κ1) is 20.6. The number of esters is 1. The number of aryl methyl sites for hydroxylation is 1. The predicted molar refractivity (Wildman–Crippen MR) is 111 cm³/mol. The van der Waals surface area contributed by atoms with Gasteiger partial charge in [0.2, 0.25) is 5.89 Å². The minimum atomic E-state index is -0.366. The van der Waals surface area contributed by atoms with Crippen molar-refractivity contribution in [2.45, 2.75) is 26.4 Å². The molecule has 0 aliphatic rings. The lowest BCUT2D eigenvalue weighted by Gasteiger charge is -2.24. The fourth-order valence-electron chi connectivity index (χ4n) is 3.08. The molecule has 0 bridgehead atoms. The largest absolute Gasteiger partial charge is 0.497 e. The van der Waals surface area contributed by atoms with Gasteiger partial charge in [-0.05, 0) is 62.9 Å². The highest BCUT2D eigenvalue weighted by molar-refractivity contribution is 5.89. The molecular formula is C23H26N2O4. The standard InChI is InChI=1S/C23H26N2O4/c1-15(17-10-12-20(27-4)13-11-17)25(3)14-21-16(2)29-22(24-21)18-6-8-19(9-7-18)23(26)28-5/h6-13,15H,14H2,1-5H3. The Hall–Kier alpha value is -3.12. The number of rotatable bonds is 7. The van der Waals surface area contributed by atoms with Gasteiger partial charge in [0.1, 0.15) is 11.5 Å². The average Bonchev–Trinajstić information content (AvgIpc) is 3.12. The molecule has 0 N–H and O–H groups in total. The molecule has 6 heteroatoms. The number of nitrogens with zero attached hydrogens (tertiary/aromatic N) is 2. The van der Waals surface area contributed by atoms with E-state index in [4.69, 9.17) is 13.9 Å². The zero-order valence-electron chi connectivity index (χ0n) is 17.4. The fourth-order valence-corrected chi connectivity index (χ4v) is 3.08. The molecule has 3 aromatic rings. The van der Waals surface area contributed by atoms with Crippen molar-refractivity contribution in [3.63, 3.8) is 0 Å². The molecule has 3 rings (SSSR count). The molecule has 29 heavy (non-hydrogen) atoms. The van der Waals surface area contributed by atoms with Crippen LogP contribution in [-0.4, -0.2) is 37.1 Å². The Morgan fingerprint density at radius 2 is 1.76 bits per heavy atom. The van der Waals surface area contributed by atoms with Gasteiger partial charge in [-0.1, -0.05) is 12.1 Å². The van der Waals surface area contributed by atoms with Gasteiger partial charge < -0.3 is 13.9 Å². The van der Waals surface area contributed by atoms with Crippen LogP contribution >= 0.6 is 0 Å². The Labute approximate surface area is 171 Å². The number of aromatic nitrogens is 1. The maximum absolute atomic E-state index is 11.6. The van der Waals surface area contributed by atoms with E-state index in [-0.39, 0.29) is 12.0 Å². The molecule has 1 unspecified atom stereocenters. The van der Waals surface area contributed by atoms with E-state index in [2.05, 4.69) is 36.0 Å². The lowest BCUT2D eigenvalue weighted by Crippen LogP contribution is -2.22. The van der Waals surface area contributed by atoms with Gasteiger partial charge in [0.05, 0.1) is 25.5 Å². The second kappa shape index (κ2) is 8.92. The Bertz CT molecular complexity index is 962. The predicted octanol–water partition coefficient (Wildman–Crippen LogP) is 4.64. The van der Waals surface area contributed by atoms with Crippen LogP contribution in [0.2, 0.25) is 0 Å². The summed E-state index contributed by atoms with van der Waals surface area (Å²) < 4.78 is 15.8. The van der Waals surface area contributed by atoms with Crippen LogP contribution in [0.1, 0.15) is 40.3 Å². The van der Waals surface area contributed by atoms with E-state index in [1.807, 2.05) is 31.2 Å². The van der Waals surface area contributed by atoms with Crippen molar-refractivity contribution in [1.29, 1.82) is 0 Å². The quantitative estimate of drug-likeness (QED) is 0.544. The summed E-state index contributed by atoms with van der Waals surface area (Å²) in [7, 11) is 5.09. The van der Waals surface area contributed by atoms with E-state index in [1.54, 1.807) is 19.2 Å². The number of carbonyl (C=O) groups excluding carboxylic acids is 1. The van der Waals surface area contributed by atoms with Crippen LogP contribution < -0.4 is 4.74 Å². The van der Waals surface area contributed by atoms with Crippen molar-refractivity contribution < 1.29 is 18.7 Å². The molecule has 0 aliphatic carbocycles. The van der Waals surface area contributed by atoms with Crippen LogP contribution in [0.5, 0.6) is 5.75 Å². The molecule has 0 amide bonds. The highest BCUT2D eigenvalue weighted by atomic mass is 16.5. The van der Waals surface area contributed by atoms with Gasteiger partial charge >= 0.3 is 5.97 Å². The minimum Gasteiger partial charge on any atom is -0.497 e. The molecule has 1 heterocycles. The SMILES string of the molecule is COC(=O)c1ccc(-c2nc(CN(C)C(C)c3ccc(OC)cc3)c(C)o2)cc1. The third-order valence-corrected chi connectivity index (χ3v) is 5.10. The average molecular weight is 394 g/mol. The molecule has 0 spiro atoms. The fraction of sp³-hybridized carbons (Fsp3) is 0.304. The molecule has 1 atom stereocenters. The third-order valence-electron chi connectivity index (χ3n) is 5.10. The summed E-state index contributed by atoms with van der Waals surface area (Å²) in [5, 5.41) is 0. The Balaban J connectivity index is 1.73. The number of hydrogen-bond donors (Lipinski definition) is 0. The van der Waals surface area contributed by atoms with Crippen molar-refractivity contribution in [1.82, 2.24) is 9.88 Å². The first-order chi connectivity index (χ1) is 13.9.